The van der Waals surface area contributed by atoms with Gasteiger partial charge in [0.25, 0.3) is 5.91 Å². The van der Waals surface area contributed by atoms with Gasteiger partial charge in [-0.2, -0.15) is 0 Å². The first-order valence-corrected chi connectivity index (χ1v) is 10.2. The van der Waals surface area contributed by atoms with Crippen LogP contribution in [0, 0.1) is 0 Å². The number of rotatable bonds is 7. The zero-order valence-electron chi connectivity index (χ0n) is 18.1. The van der Waals surface area contributed by atoms with Gasteiger partial charge in [0.15, 0.2) is 11.5 Å². The lowest BCUT2D eigenvalue weighted by Crippen LogP contribution is -2.53. The number of carbonyl (C=O) groups excluding carboxylic acids is 1. The average Bonchev–Trinajstić information content (AvgIpc) is 2.71. The Balaban J connectivity index is 1.64. The molecule has 0 bridgehead atoms. The van der Waals surface area contributed by atoms with E-state index in [1.54, 1.807) is 25.3 Å². The van der Waals surface area contributed by atoms with Gasteiger partial charge in [-0.15, -0.1) is 0 Å². The molecular weight excluding hydrogens is 364 g/mol. The van der Waals surface area contributed by atoms with Crippen molar-refractivity contribution in [1.82, 2.24) is 10.2 Å². The number of nitrogens with zero attached hydrogens (tertiary/aromatic N) is 1. The van der Waals surface area contributed by atoms with Crippen LogP contribution in [0.5, 0.6) is 11.5 Å². The van der Waals surface area contributed by atoms with E-state index >= 15 is 0 Å². The quantitative estimate of drug-likeness (QED) is 0.767. The second-order valence-corrected chi connectivity index (χ2v) is 8.47. The van der Waals surface area contributed by atoms with Gasteiger partial charge in [-0.05, 0) is 63.4 Å². The number of hydrogen-bond acceptors (Lipinski definition) is 4. The number of hydrogen-bond donors (Lipinski definition) is 1. The number of fused-ring (bicyclic) bond motifs is 1. The molecule has 0 saturated heterocycles. The number of amides is 1. The summed E-state index contributed by atoms with van der Waals surface area (Å²) in [6.45, 7) is 10.8. The summed E-state index contributed by atoms with van der Waals surface area (Å²) in [4.78, 5) is 15.2. The highest BCUT2D eigenvalue weighted by molar-refractivity contribution is 5.94. The molecule has 1 heterocycles. The Labute approximate surface area is 174 Å². The van der Waals surface area contributed by atoms with Crippen molar-refractivity contribution >= 4 is 5.91 Å². The summed E-state index contributed by atoms with van der Waals surface area (Å²) in [5.41, 5.74) is 3.23. The van der Waals surface area contributed by atoms with Crippen LogP contribution >= 0.6 is 0 Å². The lowest BCUT2D eigenvalue weighted by molar-refractivity contribution is 0.0826. The molecule has 1 amide bonds. The molecule has 0 spiro atoms. The Morgan fingerprint density at radius 2 is 1.86 bits per heavy atom. The SMILES string of the molecule is COc1cc(C(=O)NCC(C)(C)N2CCc3ccccc3C2)ccc1OC(C)C. The van der Waals surface area contributed by atoms with Gasteiger partial charge in [-0.1, -0.05) is 24.3 Å². The maximum Gasteiger partial charge on any atom is 0.251 e. The van der Waals surface area contributed by atoms with Crippen LogP contribution in [-0.4, -0.2) is 42.6 Å². The van der Waals surface area contributed by atoms with Crippen LogP contribution in [0.25, 0.3) is 0 Å². The molecule has 1 aliphatic heterocycles. The van der Waals surface area contributed by atoms with E-state index in [4.69, 9.17) is 9.47 Å². The molecule has 156 valence electrons. The minimum Gasteiger partial charge on any atom is -0.493 e. The fraction of sp³-hybridized carbons (Fsp3) is 0.458. The zero-order chi connectivity index (χ0) is 21.0. The van der Waals surface area contributed by atoms with E-state index in [0.717, 1.165) is 19.5 Å². The number of benzene rings is 2. The third-order valence-corrected chi connectivity index (χ3v) is 5.46. The molecule has 1 N–H and O–H groups in total. The first-order valence-electron chi connectivity index (χ1n) is 10.2. The maximum atomic E-state index is 12.7. The van der Waals surface area contributed by atoms with Crippen LogP contribution in [0.15, 0.2) is 42.5 Å². The van der Waals surface area contributed by atoms with E-state index in [0.29, 0.717) is 23.6 Å². The summed E-state index contributed by atoms with van der Waals surface area (Å²) < 4.78 is 11.1. The van der Waals surface area contributed by atoms with E-state index in [-0.39, 0.29) is 17.6 Å². The third kappa shape index (κ3) is 5.10. The van der Waals surface area contributed by atoms with Crippen molar-refractivity contribution in [2.24, 2.45) is 0 Å². The Hall–Kier alpha value is -2.53. The van der Waals surface area contributed by atoms with Crippen molar-refractivity contribution < 1.29 is 14.3 Å². The van der Waals surface area contributed by atoms with E-state index in [1.165, 1.54) is 11.1 Å². The lowest BCUT2D eigenvalue weighted by Gasteiger charge is -2.41. The average molecular weight is 397 g/mol. The van der Waals surface area contributed by atoms with E-state index in [9.17, 15) is 4.79 Å². The molecule has 0 aliphatic carbocycles. The van der Waals surface area contributed by atoms with Crippen LogP contribution in [0.4, 0.5) is 0 Å². The van der Waals surface area contributed by atoms with Crippen molar-refractivity contribution in [3.8, 4) is 11.5 Å². The predicted molar refractivity (Wildman–Crippen MR) is 116 cm³/mol. The Morgan fingerprint density at radius 3 is 2.55 bits per heavy atom. The molecule has 1 aliphatic rings. The van der Waals surface area contributed by atoms with E-state index < -0.39 is 0 Å². The van der Waals surface area contributed by atoms with Crippen LogP contribution in [0.2, 0.25) is 0 Å². The minimum atomic E-state index is -0.145. The van der Waals surface area contributed by atoms with Gasteiger partial charge < -0.3 is 14.8 Å². The maximum absolute atomic E-state index is 12.7. The molecule has 3 rings (SSSR count). The number of nitrogens with one attached hydrogen (secondary N) is 1. The van der Waals surface area contributed by atoms with Crippen molar-refractivity contribution in [2.75, 3.05) is 20.2 Å². The molecule has 0 aromatic heterocycles. The van der Waals surface area contributed by atoms with Crippen molar-refractivity contribution in [2.45, 2.75) is 52.3 Å². The molecular formula is C24H32N2O3. The van der Waals surface area contributed by atoms with E-state index in [1.807, 2.05) is 13.8 Å². The van der Waals surface area contributed by atoms with Gasteiger partial charge in [-0.3, -0.25) is 9.69 Å². The molecule has 5 nitrogen and oxygen atoms in total. The second-order valence-electron chi connectivity index (χ2n) is 8.47. The van der Waals surface area contributed by atoms with Gasteiger partial charge in [0.1, 0.15) is 0 Å². The summed E-state index contributed by atoms with van der Waals surface area (Å²) in [5, 5.41) is 3.10. The van der Waals surface area contributed by atoms with Crippen LogP contribution in [0.3, 0.4) is 0 Å². The molecule has 0 unspecified atom stereocenters. The van der Waals surface area contributed by atoms with Crippen molar-refractivity contribution in [3.63, 3.8) is 0 Å². The van der Waals surface area contributed by atoms with Gasteiger partial charge in [0, 0.05) is 30.7 Å². The number of methoxy groups -OCH3 is 1. The Bertz CT molecular complexity index is 861. The van der Waals surface area contributed by atoms with Crippen LogP contribution in [-0.2, 0) is 13.0 Å². The Morgan fingerprint density at radius 1 is 1.14 bits per heavy atom. The molecule has 2 aromatic carbocycles. The van der Waals surface area contributed by atoms with Crippen molar-refractivity contribution in [3.05, 3.63) is 59.2 Å². The highest BCUT2D eigenvalue weighted by Gasteiger charge is 2.30. The van der Waals surface area contributed by atoms with Gasteiger partial charge in [0.2, 0.25) is 0 Å². The number of carbonyl (C=O) groups is 1. The summed E-state index contributed by atoms with van der Waals surface area (Å²) in [6.07, 6.45) is 1.08. The fourth-order valence-corrected chi connectivity index (χ4v) is 3.68. The van der Waals surface area contributed by atoms with Gasteiger partial charge in [0.05, 0.1) is 13.2 Å². The minimum absolute atomic E-state index is 0.0408. The Kier molecular flexibility index (Phi) is 6.48. The van der Waals surface area contributed by atoms with Crippen LogP contribution in [0.1, 0.15) is 49.2 Å². The molecule has 0 fully saturated rings. The molecule has 0 saturated carbocycles. The highest BCUT2D eigenvalue weighted by atomic mass is 16.5. The predicted octanol–water partition coefficient (Wildman–Crippen LogP) is 4.05. The summed E-state index contributed by atoms with van der Waals surface area (Å²) in [5.74, 6) is 1.11. The summed E-state index contributed by atoms with van der Waals surface area (Å²) in [7, 11) is 1.58. The zero-order valence-corrected chi connectivity index (χ0v) is 18.1. The molecule has 5 heteroatoms. The van der Waals surface area contributed by atoms with Crippen LogP contribution < -0.4 is 14.8 Å². The lowest BCUT2D eigenvalue weighted by atomic mass is 9.94. The van der Waals surface area contributed by atoms with Crippen molar-refractivity contribution in [1.29, 1.82) is 0 Å². The molecule has 0 atom stereocenters. The first kappa shape index (κ1) is 21.2. The highest BCUT2D eigenvalue weighted by Crippen LogP contribution is 2.29. The standard InChI is InChI=1S/C24H32N2O3/c1-17(2)29-21-11-10-19(14-22(21)28-5)23(27)25-16-24(3,4)26-13-12-18-8-6-7-9-20(18)15-26/h6-11,14,17H,12-13,15-16H2,1-5H3,(H,25,27). The van der Waals surface area contributed by atoms with Gasteiger partial charge >= 0.3 is 0 Å². The molecule has 29 heavy (non-hydrogen) atoms. The number of ether oxygens (including phenoxy) is 2. The molecule has 0 radical (unpaired) electrons. The topological polar surface area (TPSA) is 50.8 Å². The summed E-state index contributed by atoms with van der Waals surface area (Å²) >= 11 is 0. The van der Waals surface area contributed by atoms with Gasteiger partial charge in [-0.25, -0.2) is 0 Å². The fourth-order valence-electron chi connectivity index (χ4n) is 3.68. The molecule has 2 aromatic rings. The largest absolute Gasteiger partial charge is 0.493 e. The first-order chi connectivity index (χ1) is 13.8. The van der Waals surface area contributed by atoms with E-state index in [2.05, 4.69) is 48.3 Å². The third-order valence-electron chi connectivity index (χ3n) is 5.46. The summed E-state index contributed by atoms with van der Waals surface area (Å²) in [6, 6.07) is 13.9. The monoisotopic (exact) mass is 396 g/mol. The normalized spacial score (nSPS) is 14.4. The smallest absolute Gasteiger partial charge is 0.251 e. The second kappa shape index (κ2) is 8.87.